The van der Waals surface area contributed by atoms with Crippen LogP contribution in [0.2, 0.25) is 0 Å². The number of rotatable bonds is 4. The Kier molecular flexibility index (Phi) is 6.43. The molecule has 8 heteroatoms. The van der Waals surface area contributed by atoms with Crippen LogP contribution in [0.5, 0.6) is 0 Å². The van der Waals surface area contributed by atoms with E-state index in [-0.39, 0.29) is 42.1 Å². The summed E-state index contributed by atoms with van der Waals surface area (Å²) in [6.45, 7) is 2.63. The summed E-state index contributed by atoms with van der Waals surface area (Å²) in [5.74, 6) is 1.17. The molecule has 2 fully saturated rings. The van der Waals surface area contributed by atoms with Crippen molar-refractivity contribution in [2.24, 2.45) is 11.3 Å². The summed E-state index contributed by atoms with van der Waals surface area (Å²) in [5, 5.41) is 10.6. The Balaban J connectivity index is 0.00000113. The predicted octanol–water partition coefficient (Wildman–Crippen LogP) is 2.12. The Labute approximate surface area is 159 Å². The SMILES string of the molecule is Cl.Cl.O=C(NCc1ccnc(-n2cccn2)c1)C1CC12CCNCC2. The van der Waals surface area contributed by atoms with Gasteiger partial charge in [-0.25, -0.2) is 9.67 Å². The highest BCUT2D eigenvalue weighted by Crippen LogP contribution is 2.58. The van der Waals surface area contributed by atoms with Gasteiger partial charge in [-0.15, -0.1) is 24.8 Å². The molecule has 3 heterocycles. The van der Waals surface area contributed by atoms with Crippen LogP contribution in [-0.2, 0) is 11.3 Å². The monoisotopic (exact) mass is 383 g/mol. The van der Waals surface area contributed by atoms with Crippen molar-refractivity contribution in [3.8, 4) is 5.82 Å². The van der Waals surface area contributed by atoms with E-state index in [1.54, 1.807) is 17.1 Å². The molecule has 1 atom stereocenters. The standard InChI is InChI=1S/C17H21N5O.2ClH/c23-16(14-11-17(14)3-7-18-8-4-17)20-12-13-2-6-19-15(10-13)22-9-1-5-21-22;;/h1-2,5-6,9-10,14,18H,3-4,7-8,11-12H2,(H,20,23);2*1H. The zero-order valence-electron chi connectivity index (χ0n) is 13.9. The first-order valence-electron chi connectivity index (χ1n) is 8.20. The number of pyridine rings is 1. The second-order valence-electron chi connectivity index (χ2n) is 6.56. The molecule has 1 aliphatic heterocycles. The number of hydrogen-bond acceptors (Lipinski definition) is 4. The number of carbonyl (C=O) groups excluding carboxylic acids is 1. The van der Waals surface area contributed by atoms with Crippen LogP contribution < -0.4 is 10.6 Å². The second-order valence-corrected chi connectivity index (χ2v) is 6.56. The Morgan fingerprint density at radius 1 is 1.32 bits per heavy atom. The van der Waals surface area contributed by atoms with Crippen molar-refractivity contribution >= 4 is 30.7 Å². The van der Waals surface area contributed by atoms with Gasteiger partial charge in [-0.2, -0.15) is 5.10 Å². The lowest BCUT2D eigenvalue weighted by Crippen LogP contribution is -2.33. The van der Waals surface area contributed by atoms with Crippen molar-refractivity contribution in [2.45, 2.75) is 25.8 Å². The van der Waals surface area contributed by atoms with Crippen LogP contribution in [0, 0.1) is 11.3 Å². The summed E-state index contributed by atoms with van der Waals surface area (Å²) in [6, 6.07) is 5.75. The molecule has 1 saturated heterocycles. The minimum atomic E-state index is 0. The van der Waals surface area contributed by atoms with Crippen LogP contribution in [0.15, 0.2) is 36.8 Å². The first-order valence-corrected chi connectivity index (χ1v) is 8.20. The van der Waals surface area contributed by atoms with E-state index >= 15 is 0 Å². The molecule has 1 aliphatic carbocycles. The zero-order valence-corrected chi connectivity index (χ0v) is 15.5. The van der Waals surface area contributed by atoms with Gasteiger partial charge in [0.2, 0.25) is 5.91 Å². The summed E-state index contributed by atoms with van der Waals surface area (Å²) in [5.41, 5.74) is 1.33. The summed E-state index contributed by atoms with van der Waals surface area (Å²) in [4.78, 5) is 16.7. The van der Waals surface area contributed by atoms with Crippen LogP contribution in [0.3, 0.4) is 0 Å². The maximum atomic E-state index is 12.4. The van der Waals surface area contributed by atoms with Gasteiger partial charge in [-0.3, -0.25) is 4.79 Å². The third-order valence-electron chi connectivity index (χ3n) is 5.12. The maximum absolute atomic E-state index is 12.4. The van der Waals surface area contributed by atoms with Crippen LogP contribution in [0.25, 0.3) is 5.82 Å². The van der Waals surface area contributed by atoms with E-state index in [1.807, 2.05) is 24.4 Å². The normalized spacial score (nSPS) is 20.2. The second kappa shape index (κ2) is 8.17. The first kappa shape index (κ1) is 19.7. The molecule has 25 heavy (non-hydrogen) atoms. The summed E-state index contributed by atoms with van der Waals surface area (Å²) < 4.78 is 1.72. The molecule has 2 N–H and O–H groups in total. The van der Waals surface area contributed by atoms with Crippen LogP contribution >= 0.6 is 24.8 Å². The number of hydrogen-bond donors (Lipinski definition) is 2. The van der Waals surface area contributed by atoms with E-state index in [2.05, 4.69) is 20.7 Å². The molecule has 0 aromatic carbocycles. The topological polar surface area (TPSA) is 71.8 Å². The van der Waals surface area contributed by atoms with Gasteiger partial charge in [-0.05, 0) is 61.5 Å². The highest BCUT2D eigenvalue weighted by Gasteiger charge is 2.57. The van der Waals surface area contributed by atoms with E-state index in [4.69, 9.17) is 0 Å². The quantitative estimate of drug-likeness (QED) is 0.847. The predicted molar refractivity (Wildman–Crippen MR) is 100 cm³/mol. The molecular weight excluding hydrogens is 361 g/mol. The van der Waals surface area contributed by atoms with Gasteiger partial charge in [0.25, 0.3) is 0 Å². The zero-order chi connectivity index (χ0) is 15.7. The molecule has 1 unspecified atom stereocenters. The van der Waals surface area contributed by atoms with Gasteiger partial charge >= 0.3 is 0 Å². The summed E-state index contributed by atoms with van der Waals surface area (Å²) in [7, 11) is 0. The highest BCUT2D eigenvalue weighted by atomic mass is 35.5. The fourth-order valence-electron chi connectivity index (χ4n) is 3.61. The van der Waals surface area contributed by atoms with Crippen LogP contribution in [-0.4, -0.2) is 33.8 Å². The lowest BCUT2D eigenvalue weighted by atomic mass is 9.92. The Hall–Kier alpha value is -1.63. The summed E-state index contributed by atoms with van der Waals surface area (Å²) >= 11 is 0. The first-order chi connectivity index (χ1) is 11.3. The lowest BCUT2D eigenvalue weighted by molar-refractivity contribution is -0.123. The number of piperidine rings is 1. The van der Waals surface area contributed by atoms with Crippen molar-refractivity contribution in [2.75, 3.05) is 13.1 Å². The van der Waals surface area contributed by atoms with E-state index in [0.717, 1.165) is 43.7 Å². The van der Waals surface area contributed by atoms with Gasteiger partial charge in [0.1, 0.15) is 0 Å². The highest BCUT2D eigenvalue weighted by molar-refractivity contribution is 5.85. The number of halogens is 2. The number of nitrogens with one attached hydrogen (secondary N) is 2. The van der Waals surface area contributed by atoms with Crippen molar-refractivity contribution in [3.05, 3.63) is 42.4 Å². The molecule has 0 bridgehead atoms. The molecule has 4 rings (SSSR count). The number of aromatic nitrogens is 3. The van der Waals surface area contributed by atoms with Gasteiger partial charge in [0, 0.05) is 31.1 Å². The van der Waals surface area contributed by atoms with Gasteiger partial charge in [-0.1, -0.05) is 0 Å². The van der Waals surface area contributed by atoms with E-state index in [9.17, 15) is 4.79 Å². The van der Waals surface area contributed by atoms with Crippen LogP contribution in [0.1, 0.15) is 24.8 Å². The summed E-state index contributed by atoms with van der Waals surface area (Å²) in [6.07, 6.45) is 8.64. The third kappa shape index (κ3) is 4.14. The van der Waals surface area contributed by atoms with Gasteiger partial charge in [0.15, 0.2) is 5.82 Å². The molecule has 2 aromatic heterocycles. The average molecular weight is 384 g/mol. The number of amides is 1. The minimum absolute atomic E-state index is 0. The Bertz CT molecular complexity index is 701. The molecule has 0 radical (unpaired) electrons. The molecule has 136 valence electrons. The smallest absolute Gasteiger partial charge is 0.223 e. The fraction of sp³-hybridized carbons (Fsp3) is 0.471. The van der Waals surface area contributed by atoms with Crippen LogP contribution in [0.4, 0.5) is 0 Å². The largest absolute Gasteiger partial charge is 0.352 e. The van der Waals surface area contributed by atoms with Crippen molar-refractivity contribution in [1.82, 2.24) is 25.4 Å². The van der Waals surface area contributed by atoms with E-state index in [1.165, 1.54) is 0 Å². The molecule has 2 aliphatic rings. The van der Waals surface area contributed by atoms with Crippen molar-refractivity contribution in [3.63, 3.8) is 0 Å². The Morgan fingerprint density at radius 3 is 2.84 bits per heavy atom. The third-order valence-corrected chi connectivity index (χ3v) is 5.12. The molecule has 1 amide bonds. The molecular formula is C17H23Cl2N5O. The minimum Gasteiger partial charge on any atom is -0.352 e. The maximum Gasteiger partial charge on any atom is 0.223 e. The van der Waals surface area contributed by atoms with Crippen molar-refractivity contribution < 1.29 is 4.79 Å². The fourth-order valence-corrected chi connectivity index (χ4v) is 3.61. The number of nitrogens with zero attached hydrogens (tertiary/aromatic N) is 3. The molecule has 2 aromatic rings. The van der Waals surface area contributed by atoms with E-state index < -0.39 is 0 Å². The number of carbonyl (C=O) groups is 1. The molecule has 1 spiro atoms. The average Bonchev–Trinajstić information content (AvgIpc) is 3.02. The molecule has 6 nitrogen and oxygen atoms in total. The molecule has 1 saturated carbocycles. The lowest BCUT2D eigenvalue weighted by Gasteiger charge is -2.23. The van der Waals surface area contributed by atoms with Gasteiger partial charge < -0.3 is 10.6 Å². The van der Waals surface area contributed by atoms with E-state index in [0.29, 0.717) is 6.54 Å². The van der Waals surface area contributed by atoms with Crippen molar-refractivity contribution in [1.29, 1.82) is 0 Å². The Morgan fingerprint density at radius 2 is 2.12 bits per heavy atom. The van der Waals surface area contributed by atoms with Gasteiger partial charge in [0.05, 0.1) is 0 Å².